The molecular formula is C13H21N3O2. The molecule has 0 atom stereocenters. The molecule has 0 aliphatic heterocycles. The van der Waals surface area contributed by atoms with Gasteiger partial charge in [0.25, 0.3) is 0 Å². The first kappa shape index (κ1) is 14.3. The van der Waals surface area contributed by atoms with Crippen LogP contribution in [0.15, 0.2) is 12.3 Å². The number of pyridine rings is 1. The average Bonchev–Trinajstić information content (AvgIpc) is 2.25. The summed E-state index contributed by atoms with van der Waals surface area (Å²) in [5.74, 6) is 0.813. The monoisotopic (exact) mass is 251 g/mol. The largest absolute Gasteiger partial charge is 0.444 e. The van der Waals surface area contributed by atoms with Gasteiger partial charge in [-0.05, 0) is 44.9 Å². The number of amides is 1. The number of hydrogen-bond acceptors (Lipinski definition) is 4. The molecule has 0 saturated heterocycles. The summed E-state index contributed by atoms with van der Waals surface area (Å²) in [5, 5.41) is 5.68. The number of nitrogens with one attached hydrogen (secondary N) is 2. The summed E-state index contributed by atoms with van der Waals surface area (Å²) in [6.07, 6.45) is 1.33. The van der Waals surface area contributed by atoms with Crippen LogP contribution in [0.25, 0.3) is 0 Å². The van der Waals surface area contributed by atoms with Crippen LogP contribution in [-0.2, 0) is 11.3 Å². The lowest BCUT2D eigenvalue weighted by Crippen LogP contribution is -2.32. The highest BCUT2D eigenvalue weighted by molar-refractivity contribution is 5.67. The lowest BCUT2D eigenvalue weighted by atomic mass is 10.1. The van der Waals surface area contributed by atoms with Crippen molar-refractivity contribution in [3.05, 3.63) is 23.4 Å². The number of anilines is 1. The molecule has 0 fully saturated rings. The van der Waals surface area contributed by atoms with E-state index in [2.05, 4.69) is 15.6 Å². The highest BCUT2D eigenvalue weighted by atomic mass is 16.6. The number of nitrogens with zero attached hydrogens (tertiary/aromatic N) is 1. The van der Waals surface area contributed by atoms with Crippen molar-refractivity contribution in [2.45, 2.75) is 39.8 Å². The van der Waals surface area contributed by atoms with E-state index in [9.17, 15) is 4.79 Å². The smallest absolute Gasteiger partial charge is 0.407 e. The minimum Gasteiger partial charge on any atom is -0.444 e. The Hall–Kier alpha value is -1.78. The van der Waals surface area contributed by atoms with Crippen molar-refractivity contribution in [1.82, 2.24) is 10.3 Å². The Balaban J connectivity index is 2.56. The van der Waals surface area contributed by atoms with E-state index in [0.29, 0.717) is 6.54 Å². The van der Waals surface area contributed by atoms with Gasteiger partial charge in [-0.2, -0.15) is 0 Å². The molecule has 0 radical (unpaired) electrons. The Labute approximate surface area is 108 Å². The highest BCUT2D eigenvalue weighted by Gasteiger charge is 2.15. The number of carbonyl (C=O) groups is 1. The van der Waals surface area contributed by atoms with E-state index in [0.717, 1.165) is 16.9 Å². The van der Waals surface area contributed by atoms with Crippen LogP contribution in [-0.4, -0.2) is 23.7 Å². The van der Waals surface area contributed by atoms with Gasteiger partial charge in [0, 0.05) is 19.8 Å². The number of aryl methyl sites for hydroxylation is 1. The molecule has 1 aromatic heterocycles. The molecular weight excluding hydrogens is 230 g/mol. The Kier molecular flexibility index (Phi) is 4.53. The molecule has 5 nitrogen and oxygen atoms in total. The van der Waals surface area contributed by atoms with Gasteiger partial charge in [0.2, 0.25) is 0 Å². The van der Waals surface area contributed by atoms with Gasteiger partial charge < -0.3 is 15.4 Å². The number of alkyl carbamates (subject to hydrolysis) is 1. The van der Waals surface area contributed by atoms with E-state index in [1.165, 1.54) is 0 Å². The van der Waals surface area contributed by atoms with E-state index in [-0.39, 0.29) is 0 Å². The normalized spacial score (nSPS) is 10.9. The number of rotatable bonds is 3. The maximum absolute atomic E-state index is 11.5. The second kappa shape index (κ2) is 5.71. The van der Waals surface area contributed by atoms with Gasteiger partial charge in [-0.25, -0.2) is 9.78 Å². The summed E-state index contributed by atoms with van der Waals surface area (Å²) in [6, 6.07) is 1.94. The van der Waals surface area contributed by atoms with Crippen molar-refractivity contribution in [2.24, 2.45) is 0 Å². The maximum Gasteiger partial charge on any atom is 0.407 e. The first-order valence-electron chi connectivity index (χ1n) is 5.92. The third-order valence-corrected chi connectivity index (χ3v) is 2.30. The van der Waals surface area contributed by atoms with Crippen LogP contribution < -0.4 is 10.6 Å². The Bertz CT molecular complexity index is 425. The lowest BCUT2D eigenvalue weighted by molar-refractivity contribution is 0.0523. The second-order valence-electron chi connectivity index (χ2n) is 5.10. The molecule has 0 spiro atoms. The predicted octanol–water partition coefficient (Wildman–Crippen LogP) is 2.46. The first-order chi connectivity index (χ1) is 8.31. The zero-order valence-corrected chi connectivity index (χ0v) is 11.6. The molecule has 0 saturated carbocycles. The number of hydrogen-bond donors (Lipinski definition) is 2. The Morgan fingerprint density at radius 2 is 2.11 bits per heavy atom. The summed E-state index contributed by atoms with van der Waals surface area (Å²) in [5.41, 5.74) is 1.57. The molecule has 1 aromatic rings. The fourth-order valence-corrected chi connectivity index (χ4v) is 1.39. The second-order valence-corrected chi connectivity index (χ2v) is 5.10. The van der Waals surface area contributed by atoms with Crippen molar-refractivity contribution in [3.63, 3.8) is 0 Å². The number of aromatic nitrogens is 1. The van der Waals surface area contributed by atoms with Crippen LogP contribution in [0.3, 0.4) is 0 Å². The SMILES string of the molecule is CNc1cc(C)c(CNC(=O)OC(C)(C)C)cn1. The quantitative estimate of drug-likeness (QED) is 0.866. The molecule has 0 aliphatic carbocycles. The van der Waals surface area contributed by atoms with Crippen LogP contribution in [0.2, 0.25) is 0 Å². The van der Waals surface area contributed by atoms with Crippen molar-refractivity contribution in [3.8, 4) is 0 Å². The van der Waals surface area contributed by atoms with Crippen LogP contribution in [0.5, 0.6) is 0 Å². The number of ether oxygens (including phenoxy) is 1. The van der Waals surface area contributed by atoms with Crippen LogP contribution >= 0.6 is 0 Å². The average molecular weight is 251 g/mol. The molecule has 100 valence electrons. The third kappa shape index (κ3) is 4.61. The lowest BCUT2D eigenvalue weighted by Gasteiger charge is -2.19. The molecule has 1 heterocycles. The predicted molar refractivity (Wildman–Crippen MR) is 71.6 cm³/mol. The molecule has 1 rings (SSSR count). The highest BCUT2D eigenvalue weighted by Crippen LogP contribution is 2.12. The van der Waals surface area contributed by atoms with Gasteiger partial charge in [0.05, 0.1) is 0 Å². The zero-order valence-electron chi connectivity index (χ0n) is 11.6. The van der Waals surface area contributed by atoms with Crippen molar-refractivity contribution < 1.29 is 9.53 Å². The summed E-state index contributed by atoms with van der Waals surface area (Å²) >= 11 is 0. The summed E-state index contributed by atoms with van der Waals surface area (Å²) in [6.45, 7) is 7.90. The first-order valence-corrected chi connectivity index (χ1v) is 5.92. The van der Waals surface area contributed by atoms with Crippen LogP contribution in [0.4, 0.5) is 10.6 Å². The minimum absolute atomic E-state index is 0.414. The van der Waals surface area contributed by atoms with Crippen molar-refractivity contribution >= 4 is 11.9 Å². The summed E-state index contributed by atoms with van der Waals surface area (Å²) < 4.78 is 5.16. The van der Waals surface area contributed by atoms with Crippen LogP contribution in [0, 0.1) is 6.92 Å². The topological polar surface area (TPSA) is 63.2 Å². The molecule has 0 unspecified atom stereocenters. The fourth-order valence-electron chi connectivity index (χ4n) is 1.39. The third-order valence-electron chi connectivity index (χ3n) is 2.30. The van der Waals surface area contributed by atoms with E-state index in [1.54, 1.807) is 6.20 Å². The molecule has 1 amide bonds. The molecule has 2 N–H and O–H groups in total. The van der Waals surface area contributed by atoms with Gasteiger partial charge in [-0.1, -0.05) is 0 Å². The van der Waals surface area contributed by atoms with Gasteiger partial charge in [-0.15, -0.1) is 0 Å². The van der Waals surface area contributed by atoms with Crippen LogP contribution in [0.1, 0.15) is 31.9 Å². The zero-order chi connectivity index (χ0) is 13.8. The van der Waals surface area contributed by atoms with Gasteiger partial charge in [0.1, 0.15) is 11.4 Å². The molecule has 18 heavy (non-hydrogen) atoms. The summed E-state index contributed by atoms with van der Waals surface area (Å²) in [7, 11) is 1.82. The number of carbonyl (C=O) groups excluding carboxylic acids is 1. The fraction of sp³-hybridized carbons (Fsp3) is 0.538. The van der Waals surface area contributed by atoms with Crippen molar-refractivity contribution in [1.29, 1.82) is 0 Å². The summed E-state index contributed by atoms with van der Waals surface area (Å²) in [4.78, 5) is 15.7. The Morgan fingerprint density at radius 3 is 2.61 bits per heavy atom. The molecule has 0 aliphatic rings. The minimum atomic E-state index is -0.479. The van der Waals surface area contributed by atoms with E-state index < -0.39 is 11.7 Å². The van der Waals surface area contributed by atoms with Gasteiger partial charge >= 0.3 is 6.09 Å². The maximum atomic E-state index is 11.5. The van der Waals surface area contributed by atoms with E-state index in [4.69, 9.17) is 4.74 Å². The van der Waals surface area contributed by atoms with Gasteiger partial charge in [-0.3, -0.25) is 0 Å². The molecule has 5 heteroatoms. The van der Waals surface area contributed by atoms with Crippen molar-refractivity contribution in [2.75, 3.05) is 12.4 Å². The Morgan fingerprint density at radius 1 is 1.44 bits per heavy atom. The van der Waals surface area contributed by atoms with E-state index >= 15 is 0 Å². The van der Waals surface area contributed by atoms with E-state index in [1.807, 2.05) is 40.8 Å². The molecule has 0 bridgehead atoms. The van der Waals surface area contributed by atoms with Gasteiger partial charge in [0.15, 0.2) is 0 Å². The standard InChI is InChI=1S/C13H21N3O2/c1-9-6-11(14-5)15-7-10(9)8-16-12(17)18-13(2,3)4/h6-7H,8H2,1-5H3,(H,14,15)(H,16,17). The molecule has 0 aromatic carbocycles.